The van der Waals surface area contributed by atoms with E-state index in [4.69, 9.17) is 0 Å². The average molecular weight is 179 g/mol. The van der Waals surface area contributed by atoms with E-state index in [0.717, 1.165) is 4.91 Å². The average Bonchev–Trinajstić information content (AvgIpc) is 2.11. The molecule has 1 aliphatic heterocycles. The van der Waals surface area contributed by atoms with Gasteiger partial charge in [-0.2, -0.15) is 0 Å². The zero-order valence-corrected chi connectivity index (χ0v) is 7.50. The van der Waals surface area contributed by atoms with E-state index in [1.807, 2.05) is 6.92 Å². The van der Waals surface area contributed by atoms with Gasteiger partial charge in [0.05, 0.1) is 12.1 Å². The molecule has 1 aliphatic rings. The lowest BCUT2D eigenvalue weighted by atomic mass is 10.7. The normalized spacial score (nSPS) is 19.4. The molecule has 0 aromatic heterocycles. The maximum Gasteiger partial charge on any atom is 0.232 e. The number of nitrogens with zero attached hydrogens (tertiary/aromatic N) is 1. The molecule has 0 aromatic carbocycles. The van der Waals surface area contributed by atoms with Gasteiger partial charge in [-0.3, -0.25) is 4.31 Å². The summed E-state index contributed by atoms with van der Waals surface area (Å²) in [4.78, 5) is 1.05. The fourth-order valence-corrected chi connectivity index (χ4v) is 2.58. The van der Waals surface area contributed by atoms with Crippen LogP contribution < -0.4 is 0 Å². The Labute approximate surface area is 65.1 Å². The Bertz CT molecular complexity index is 255. The Balaban J connectivity index is 2.81. The van der Waals surface area contributed by atoms with Gasteiger partial charge in [-0.25, -0.2) is 8.42 Å². The zero-order chi connectivity index (χ0) is 7.78. The van der Waals surface area contributed by atoms with Crippen LogP contribution in [0.25, 0.3) is 0 Å². The van der Waals surface area contributed by atoms with Crippen molar-refractivity contribution >= 4 is 21.8 Å². The highest BCUT2D eigenvalue weighted by Gasteiger charge is 2.17. The van der Waals surface area contributed by atoms with Gasteiger partial charge < -0.3 is 0 Å². The standard InChI is InChI=1S/C5H9NO2S2/c1-5-3-6(4-9-5)10(2,7)8/h3H,4H2,1-2H3. The first kappa shape index (κ1) is 7.94. The van der Waals surface area contributed by atoms with Crippen LogP contribution in [0.15, 0.2) is 11.1 Å². The Morgan fingerprint density at radius 3 is 2.50 bits per heavy atom. The van der Waals surface area contributed by atoms with E-state index in [9.17, 15) is 8.42 Å². The van der Waals surface area contributed by atoms with Gasteiger partial charge in [0.1, 0.15) is 0 Å². The van der Waals surface area contributed by atoms with Crippen LogP contribution in [0.1, 0.15) is 6.92 Å². The highest BCUT2D eigenvalue weighted by molar-refractivity contribution is 8.04. The van der Waals surface area contributed by atoms with E-state index >= 15 is 0 Å². The van der Waals surface area contributed by atoms with Crippen LogP contribution in [-0.2, 0) is 10.0 Å². The van der Waals surface area contributed by atoms with E-state index in [1.54, 1.807) is 18.0 Å². The fraction of sp³-hybridized carbons (Fsp3) is 0.600. The van der Waals surface area contributed by atoms with Crippen molar-refractivity contribution in [2.45, 2.75) is 6.92 Å². The first-order chi connectivity index (χ1) is 4.50. The number of hydrogen-bond donors (Lipinski definition) is 0. The molecule has 5 heteroatoms. The molecular formula is C5H9NO2S2. The van der Waals surface area contributed by atoms with Crippen LogP contribution >= 0.6 is 11.8 Å². The number of sulfonamides is 1. The number of hydrogen-bond acceptors (Lipinski definition) is 3. The number of allylic oxidation sites excluding steroid dienone is 1. The quantitative estimate of drug-likeness (QED) is 0.598. The summed E-state index contributed by atoms with van der Waals surface area (Å²) in [6.07, 6.45) is 2.86. The lowest BCUT2D eigenvalue weighted by Crippen LogP contribution is -2.21. The summed E-state index contributed by atoms with van der Waals surface area (Å²) in [6, 6.07) is 0. The first-order valence-corrected chi connectivity index (χ1v) is 5.61. The topological polar surface area (TPSA) is 37.4 Å². The minimum absolute atomic E-state index is 0.532. The molecule has 0 fully saturated rings. The molecule has 0 N–H and O–H groups in total. The maximum absolute atomic E-state index is 10.8. The van der Waals surface area contributed by atoms with Crippen molar-refractivity contribution in [2.75, 3.05) is 12.1 Å². The van der Waals surface area contributed by atoms with Crippen molar-refractivity contribution in [3.05, 3.63) is 11.1 Å². The van der Waals surface area contributed by atoms with Gasteiger partial charge in [0.15, 0.2) is 0 Å². The molecule has 0 bridgehead atoms. The van der Waals surface area contributed by atoms with Gasteiger partial charge in [0.2, 0.25) is 10.0 Å². The molecule has 58 valence electrons. The summed E-state index contributed by atoms with van der Waals surface area (Å²) in [6.45, 7) is 1.90. The van der Waals surface area contributed by atoms with Crippen molar-refractivity contribution in [3.8, 4) is 0 Å². The predicted octanol–water partition coefficient (Wildman–Crippen LogP) is 0.814. The lowest BCUT2D eigenvalue weighted by molar-refractivity contribution is 0.542. The molecule has 10 heavy (non-hydrogen) atoms. The second kappa shape index (κ2) is 2.47. The minimum Gasteiger partial charge on any atom is -0.266 e. The van der Waals surface area contributed by atoms with Crippen LogP contribution in [0.2, 0.25) is 0 Å². The molecule has 0 atom stereocenters. The van der Waals surface area contributed by atoms with E-state index in [-0.39, 0.29) is 0 Å². The summed E-state index contributed by atoms with van der Waals surface area (Å²) in [5, 5.41) is 0. The van der Waals surface area contributed by atoms with E-state index in [2.05, 4.69) is 0 Å². The van der Waals surface area contributed by atoms with Crippen molar-refractivity contribution < 1.29 is 8.42 Å². The van der Waals surface area contributed by atoms with Crippen LogP contribution in [0.3, 0.4) is 0 Å². The van der Waals surface area contributed by atoms with Gasteiger partial charge in [0.25, 0.3) is 0 Å². The lowest BCUT2D eigenvalue weighted by Gasteiger charge is -2.09. The Hall–Kier alpha value is -0.160. The molecule has 0 radical (unpaired) electrons. The third-order valence-corrected chi connectivity index (χ3v) is 3.39. The highest BCUT2D eigenvalue weighted by Crippen LogP contribution is 2.25. The molecule has 1 heterocycles. The van der Waals surface area contributed by atoms with Crippen molar-refractivity contribution in [2.24, 2.45) is 0 Å². The largest absolute Gasteiger partial charge is 0.266 e. The molecule has 1 rings (SSSR count). The maximum atomic E-state index is 10.8. The molecule has 0 saturated carbocycles. The van der Waals surface area contributed by atoms with Gasteiger partial charge in [0, 0.05) is 11.1 Å². The molecular weight excluding hydrogens is 170 g/mol. The SMILES string of the molecule is CC1=CN(S(C)(=O)=O)CS1. The van der Waals surface area contributed by atoms with Crippen molar-refractivity contribution in [1.29, 1.82) is 0 Å². The Morgan fingerprint density at radius 2 is 2.30 bits per heavy atom. The van der Waals surface area contributed by atoms with Gasteiger partial charge >= 0.3 is 0 Å². The predicted molar refractivity (Wildman–Crippen MR) is 42.9 cm³/mol. The van der Waals surface area contributed by atoms with Crippen LogP contribution in [0, 0.1) is 0 Å². The molecule has 0 unspecified atom stereocenters. The van der Waals surface area contributed by atoms with E-state index in [0.29, 0.717) is 5.88 Å². The first-order valence-electron chi connectivity index (χ1n) is 2.78. The van der Waals surface area contributed by atoms with Gasteiger partial charge in [-0.1, -0.05) is 0 Å². The number of thioether (sulfide) groups is 1. The number of rotatable bonds is 1. The second-order valence-electron chi connectivity index (χ2n) is 2.16. The summed E-state index contributed by atoms with van der Waals surface area (Å²) in [5.41, 5.74) is 0. The van der Waals surface area contributed by atoms with Crippen LogP contribution in [0.5, 0.6) is 0 Å². The summed E-state index contributed by atoms with van der Waals surface area (Å²) >= 11 is 1.54. The van der Waals surface area contributed by atoms with Crippen molar-refractivity contribution in [3.63, 3.8) is 0 Å². The third-order valence-electron chi connectivity index (χ3n) is 1.17. The molecule has 0 aromatic rings. The third kappa shape index (κ3) is 1.67. The van der Waals surface area contributed by atoms with Crippen LogP contribution in [-0.4, -0.2) is 24.9 Å². The molecule has 0 aliphatic carbocycles. The van der Waals surface area contributed by atoms with Crippen LogP contribution in [0.4, 0.5) is 0 Å². The summed E-state index contributed by atoms with van der Waals surface area (Å²) < 4.78 is 23.0. The second-order valence-corrected chi connectivity index (χ2v) is 5.29. The Morgan fingerprint density at radius 1 is 1.70 bits per heavy atom. The van der Waals surface area contributed by atoms with Crippen molar-refractivity contribution in [1.82, 2.24) is 4.31 Å². The van der Waals surface area contributed by atoms with Gasteiger partial charge in [-0.15, -0.1) is 11.8 Å². The highest BCUT2D eigenvalue weighted by atomic mass is 32.2. The Kier molecular flexibility index (Phi) is 1.96. The van der Waals surface area contributed by atoms with E-state index in [1.165, 1.54) is 10.6 Å². The van der Waals surface area contributed by atoms with E-state index < -0.39 is 10.0 Å². The zero-order valence-electron chi connectivity index (χ0n) is 5.86. The molecule has 0 spiro atoms. The molecule has 0 saturated heterocycles. The smallest absolute Gasteiger partial charge is 0.232 e. The molecule has 3 nitrogen and oxygen atoms in total. The molecule has 0 amide bonds. The minimum atomic E-state index is -3.00. The summed E-state index contributed by atoms with van der Waals surface area (Å²) in [5.74, 6) is 0.532. The monoisotopic (exact) mass is 179 g/mol. The summed E-state index contributed by atoms with van der Waals surface area (Å²) in [7, 11) is -3.00. The fourth-order valence-electron chi connectivity index (χ4n) is 0.634. The van der Waals surface area contributed by atoms with Gasteiger partial charge in [-0.05, 0) is 6.92 Å².